The number of hydrogen-bond acceptors (Lipinski definition) is 5. The van der Waals surface area contributed by atoms with Crippen LogP contribution in [0.3, 0.4) is 0 Å². The van der Waals surface area contributed by atoms with Crippen LogP contribution in [0, 0.1) is 10.1 Å². The Balaban J connectivity index is 3.26. The molecule has 0 amide bonds. The number of nitro groups is 1. The van der Waals surface area contributed by atoms with E-state index in [0.29, 0.717) is 0 Å². The fourth-order valence-corrected chi connectivity index (χ4v) is 1.14. The molecule has 0 aliphatic heterocycles. The molecule has 1 aromatic heterocycles. The summed E-state index contributed by atoms with van der Waals surface area (Å²) in [5.41, 5.74) is -1.35. The van der Waals surface area contributed by atoms with Gasteiger partial charge in [-0.2, -0.15) is 0 Å². The van der Waals surface area contributed by atoms with Crippen molar-refractivity contribution in [2.75, 3.05) is 13.7 Å². The van der Waals surface area contributed by atoms with Gasteiger partial charge in [0.2, 0.25) is 0 Å². The third-order valence-electron chi connectivity index (χ3n) is 1.89. The molecular formula is C8H10N2O5. The van der Waals surface area contributed by atoms with Crippen LogP contribution in [0.5, 0.6) is 0 Å². The second-order valence-corrected chi connectivity index (χ2v) is 2.74. The topological polar surface area (TPSA) is 94.6 Å². The van der Waals surface area contributed by atoms with Crippen LogP contribution in [0.2, 0.25) is 0 Å². The number of rotatable bonds is 4. The van der Waals surface area contributed by atoms with Crippen molar-refractivity contribution >= 4 is 5.69 Å². The lowest BCUT2D eigenvalue weighted by Gasteiger charge is -2.14. The summed E-state index contributed by atoms with van der Waals surface area (Å²) in [5.74, 6) is 0. The first-order chi connectivity index (χ1) is 7.11. The Labute approximate surface area is 84.7 Å². The maximum absolute atomic E-state index is 11.5. The maximum Gasteiger partial charge on any atom is 0.334 e. The molecule has 0 saturated carbocycles. The first kappa shape index (κ1) is 11.3. The average Bonchev–Trinajstić information content (AvgIpc) is 2.21. The molecule has 15 heavy (non-hydrogen) atoms. The van der Waals surface area contributed by atoms with Crippen molar-refractivity contribution in [1.82, 2.24) is 4.57 Å². The molecule has 0 aromatic carbocycles. The van der Waals surface area contributed by atoms with E-state index in [4.69, 9.17) is 9.84 Å². The molecule has 0 radical (unpaired) electrons. The first-order valence-corrected chi connectivity index (χ1v) is 4.11. The van der Waals surface area contributed by atoms with Crippen molar-refractivity contribution in [1.29, 1.82) is 0 Å². The summed E-state index contributed by atoms with van der Waals surface area (Å²) in [6.07, 6.45) is 0.414. The Bertz CT molecular complexity index is 410. The molecule has 0 fully saturated rings. The highest BCUT2D eigenvalue weighted by molar-refractivity contribution is 5.25. The number of ether oxygens (including phenoxy) is 1. The SMILES string of the molecule is COC(CO)n1cccc([N+](=O)[O-])c1=O. The quantitative estimate of drug-likeness (QED) is 0.557. The maximum atomic E-state index is 11.5. The Morgan fingerprint density at radius 2 is 2.40 bits per heavy atom. The zero-order valence-electron chi connectivity index (χ0n) is 7.99. The predicted molar refractivity (Wildman–Crippen MR) is 50.5 cm³/mol. The van der Waals surface area contributed by atoms with Gasteiger partial charge in [-0.15, -0.1) is 0 Å². The van der Waals surface area contributed by atoms with E-state index in [0.717, 1.165) is 10.6 Å². The molecule has 1 aromatic rings. The molecule has 82 valence electrons. The van der Waals surface area contributed by atoms with Crippen LogP contribution in [-0.2, 0) is 4.74 Å². The highest BCUT2D eigenvalue weighted by Crippen LogP contribution is 2.07. The van der Waals surface area contributed by atoms with Gasteiger partial charge in [-0.3, -0.25) is 19.5 Å². The van der Waals surface area contributed by atoms with Crippen molar-refractivity contribution in [3.63, 3.8) is 0 Å². The normalized spacial score (nSPS) is 12.4. The number of pyridine rings is 1. The van der Waals surface area contributed by atoms with Crippen molar-refractivity contribution in [2.45, 2.75) is 6.23 Å². The van der Waals surface area contributed by atoms with Crippen LogP contribution in [0.25, 0.3) is 0 Å². The highest BCUT2D eigenvalue weighted by Gasteiger charge is 2.17. The van der Waals surface area contributed by atoms with E-state index in [2.05, 4.69) is 0 Å². The predicted octanol–water partition coefficient (Wildman–Crippen LogP) is -0.106. The smallest absolute Gasteiger partial charge is 0.334 e. The van der Waals surface area contributed by atoms with E-state index >= 15 is 0 Å². The van der Waals surface area contributed by atoms with Crippen LogP contribution in [0.15, 0.2) is 23.1 Å². The molecule has 1 heterocycles. The van der Waals surface area contributed by atoms with Crippen LogP contribution in [0.1, 0.15) is 6.23 Å². The molecule has 0 bridgehead atoms. The third kappa shape index (κ3) is 2.20. The standard InChI is InChI=1S/C8H10N2O5/c1-15-7(5-11)9-4-2-3-6(8(9)12)10(13)14/h2-4,7,11H,5H2,1H3. The summed E-state index contributed by atoms with van der Waals surface area (Å²) in [5, 5.41) is 19.3. The summed E-state index contributed by atoms with van der Waals surface area (Å²) in [7, 11) is 1.30. The van der Waals surface area contributed by atoms with Gasteiger partial charge in [0.1, 0.15) is 0 Å². The van der Waals surface area contributed by atoms with Gasteiger partial charge >= 0.3 is 11.2 Å². The van der Waals surface area contributed by atoms with E-state index in [9.17, 15) is 14.9 Å². The number of methoxy groups -OCH3 is 1. The van der Waals surface area contributed by atoms with E-state index in [1.807, 2.05) is 0 Å². The lowest BCUT2D eigenvalue weighted by Crippen LogP contribution is -2.28. The van der Waals surface area contributed by atoms with Gasteiger partial charge in [-0.25, -0.2) is 0 Å². The van der Waals surface area contributed by atoms with Gasteiger partial charge in [0, 0.05) is 19.4 Å². The number of aliphatic hydroxyl groups excluding tert-OH is 1. The third-order valence-corrected chi connectivity index (χ3v) is 1.89. The zero-order valence-corrected chi connectivity index (χ0v) is 7.99. The van der Waals surface area contributed by atoms with Crippen LogP contribution in [-0.4, -0.2) is 28.3 Å². The van der Waals surface area contributed by atoms with E-state index in [-0.39, 0.29) is 0 Å². The molecular weight excluding hydrogens is 204 g/mol. The summed E-state index contributed by atoms with van der Waals surface area (Å²) in [6, 6.07) is 2.45. The fraction of sp³-hybridized carbons (Fsp3) is 0.375. The van der Waals surface area contributed by atoms with Crippen LogP contribution < -0.4 is 5.56 Å². The van der Waals surface area contributed by atoms with Gasteiger partial charge < -0.3 is 9.84 Å². The minimum absolute atomic E-state index is 0.433. The fourth-order valence-electron chi connectivity index (χ4n) is 1.14. The Morgan fingerprint density at radius 3 is 2.87 bits per heavy atom. The molecule has 7 heteroatoms. The molecule has 0 spiro atoms. The number of aromatic nitrogens is 1. The molecule has 1 atom stereocenters. The van der Waals surface area contributed by atoms with Crippen molar-refractivity contribution in [3.8, 4) is 0 Å². The largest absolute Gasteiger partial charge is 0.392 e. The second kappa shape index (κ2) is 4.67. The summed E-state index contributed by atoms with van der Waals surface area (Å²) >= 11 is 0. The molecule has 0 aliphatic carbocycles. The lowest BCUT2D eigenvalue weighted by molar-refractivity contribution is -0.386. The lowest BCUT2D eigenvalue weighted by atomic mass is 10.4. The van der Waals surface area contributed by atoms with Gasteiger partial charge in [0.15, 0.2) is 6.23 Å². The van der Waals surface area contributed by atoms with Gasteiger partial charge in [-0.1, -0.05) is 0 Å². The summed E-state index contributed by atoms with van der Waals surface area (Å²) in [6.45, 7) is -0.433. The van der Waals surface area contributed by atoms with Crippen molar-refractivity contribution in [3.05, 3.63) is 38.8 Å². The molecule has 1 N–H and O–H groups in total. The summed E-state index contributed by atoms with van der Waals surface area (Å²) < 4.78 is 5.76. The molecule has 1 unspecified atom stereocenters. The Morgan fingerprint density at radius 1 is 1.73 bits per heavy atom. The van der Waals surface area contributed by atoms with Crippen molar-refractivity contribution in [2.24, 2.45) is 0 Å². The van der Waals surface area contributed by atoms with Gasteiger partial charge in [0.05, 0.1) is 11.5 Å². The minimum atomic E-state index is -0.905. The van der Waals surface area contributed by atoms with E-state index in [1.165, 1.54) is 19.4 Å². The van der Waals surface area contributed by atoms with Crippen LogP contribution in [0.4, 0.5) is 5.69 Å². The van der Waals surface area contributed by atoms with Crippen LogP contribution >= 0.6 is 0 Å². The highest BCUT2D eigenvalue weighted by atomic mass is 16.6. The Hall–Kier alpha value is -1.73. The minimum Gasteiger partial charge on any atom is -0.392 e. The average molecular weight is 214 g/mol. The summed E-state index contributed by atoms with van der Waals surface area (Å²) in [4.78, 5) is 21.2. The zero-order chi connectivity index (χ0) is 11.4. The first-order valence-electron chi connectivity index (χ1n) is 4.11. The number of hydrogen-bond donors (Lipinski definition) is 1. The van der Waals surface area contributed by atoms with Gasteiger partial charge in [0.25, 0.3) is 0 Å². The number of aliphatic hydroxyl groups is 1. The molecule has 1 rings (SSSR count). The van der Waals surface area contributed by atoms with E-state index in [1.54, 1.807) is 0 Å². The molecule has 7 nitrogen and oxygen atoms in total. The number of nitrogens with zero attached hydrogens (tertiary/aromatic N) is 2. The van der Waals surface area contributed by atoms with E-state index < -0.39 is 29.0 Å². The molecule has 0 aliphatic rings. The molecule has 0 saturated heterocycles. The Kier molecular flexibility index (Phi) is 3.53. The monoisotopic (exact) mass is 214 g/mol. The van der Waals surface area contributed by atoms with Crippen molar-refractivity contribution < 1.29 is 14.8 Å². The van der Waals surface area contributed by atoms with Gasteiger partial charge in [-0.05, 0) is 6.07 Å². The second-order valence-electron chi connectivity index (χ2n) is 2.74.